The summed E-state index contributed by atoms with van der Waals surface area (Å²) in [5.74, 6) is 0.900. The van der Waals surface area contributed by atoms with Gasteiger partial charge < -0.3 is 15.3 Å². The SMILES string of the molecule is O=c1[nH]c2ccc(NCCC3CCCCC3)cc2[nH]1. The Balaban J connectivity index is 1.57. The molecule has 102 valence electrons. The second kappa shape index (κ2) is 5.51. The summed E-state index contributed by atoms with van der Waals surface area (Å²) in [5.41, 5.74) is 2.67. The molecule has 1 aromatic carbocycles. The summed E-state index contributed by atoms with van der Waals surface area (Å²) in [4.78, 5) is 16.7. The Morgan fingerprint density at radius 2 is 1.89 bits per heavy atom. The molecule has 1 aliphatic rings. The summed E-state index contributed by atoms with van der Waals surface area (Å²) in [7, 11) is 0. The van der Waals surface area contributed by atoms with E-state index in [4.69, 9.17) is 0 Å². The van der Waals surface area contributed by atoms with Crippen LogP contribution in [0.15, 0.2) is 23.0 Å². The van der Waals surface area contributed by atoms with E-state index in [0.717, 1.165) is 29.2 Å². The summed E-state index contributed by atoms with van der Waals surface area (Å²) in [5, 5.41) is 3.46. The Morgan fingerprint density at radius 3 is 2.74 bits per heavy atom. The van der Waals surface area contributed by atoms with Crippen LogP contribution < -0.4 is 11.0 Å². The Morgan fingerprint density at radius 1 is 1.11 bits per heavy atom. The first-order valence-corrected chi connectivity index (χ1v) is 7.27. The van der Waals surface area contributed by atoms with Crippen LogP contribution in [-0.2, 0) is 0 Å². The van der Waals surface area contributed by atoms with Crippen LogP contribution in [0.2, 0.25) is 0 Å². The smallest absolute Gasteiger partial charge is 0.323 e. The van der Waals surface area contributed by atoms with Gasteiger partial charge in [-0.1, -0.05) is 32.1 Å². The molecule has 0 saturated heterocycles. The monoisotopic (exact) mass is 259 g/mol. The number of hydrogen-bond donors (Lipinski definition) is 3. The first-order chi connectivity index (χ1) is 9.31. The van der Waals surface area contributed by atoms with Gasteiger partial charge >= 0.3 is 5.69 Å². The molecule has 0 aliphatic heterocycles. The number of aromatic nitrogens is 2. The molecule has 0 amide bonds. The van der Waals surface area contributed by atoms with Crippen molar-refractivity contribution < 1.29 is 0 Å². The standard InChI is InChI=1S/C15H21N3O/c19-15-17-13-7-6-12(10-14(13)18-15)16-9-8-11-4-2-1-3-5-11/h6-7,10-11,16H,1-5,8-9H2,(H2,17,18,19). The maximum absolute atomic E-state index is 11.2. The van der Waals surface area contributed by atoms with Crippen molar-refractivity contribution in [3.05, 3.63) is 28.7 Å². The fourth-order valence-electron chi connectivity index (χ4n) is 3.04. The molecule has 3 N–H and O–H groups in total. The van der Waals surface area contributed by atoms with Crippen molar-refractivity contribution in [3.8, 4) is 0 Å². The van der Waals surface area contributed by atoms with E-state index >= 15 is 0 Å². The van der Waals surface area contributed by atoms with Crippen molar-refractivity contribution in [2.24, 2.45) is 5.92 Å². The van der Waals surface area contributed by atoms with Gasteiger partial charge in [-0.05, 0) is 30.5 Å². The van der Waals surface area contributed by atoms with Gasteiger partial charge in [-0.25, -0.2) is 4.79 Å². The molecule has 1 fully saturated rings. The predicted molar refractivity (Wildman–Crippen MR) is 78.6 cm³/mol. The minimum Gasteiger partial charge on any atom is -0.385 e. The highest BCUT2D eigenvalue weighted by Gasteiger charge is 2.12. The molecule has 0 radical (unpaired) electrons. The fraction of sp³-hybridized carbons (Fsp3) is 0.533. The third-order valence-electron chi connectivity index (χ3n) is 4.12. The average molecular weight is 259 g/mol. The van der Waals surface area contributed by atoms with E-state index < -0.39 is 0 Å². The van der Waals surface area contributed by atoms with Crippen molar-refractivity contribution in [1.29, 1.82) is 0 Å². The van der Waals surface area contributed by atoms with Gasteiger partial charge in [-0.2, -0.15) is 0 Å². The minimum atomic E-state index is -0.144. The zero-order valence-corrected chi connectivity index (χ0v) is 11.2. The largest absolute Gasteiger partial charge is 0.385 e. The van der Waals surface area contributed by atoms with Gasteiger partial charge in [-0.15, -0.1) is 0 Å². The molecular formula is C15H21N3O. The number of nitrogens with one attached hydrogen (secondary N) is 3. The molecule has 3 rings (SSSR count). The van der Waals surface area contributed by atoms with Crippen molar-refractivity contribution >= 4 is 16.7 Å². The van der Waals surface area contributed by atoms with Crippen LogP contribution in [0.3, 0.4) is 0 Å². The minimum absolute atomic E-state index is 0.144. The fourth-order valence-corrected chi connectivity index (χ4v) is 3.04. The van der Waals surface area contributed by atoms with E-state index in [1.54, 1.807) is 0 Å². The van der Waals surface area contributed by atoms with Crippen molar-refractivity contribution in [3.63, 3.8) is 0 Å². The maximum Gasteiger partial charge on any atom is 0.323 e. The molecule has 19 heavy (non-hydrogen) atoms. The maximum atomic E-state index is 11.2. The lowest BCUT2D eigenvalue weighted by Gasteiger charge is -2.21. The van der Waals surface area contributed by atoms with Crippen molar-refractivity contribution in [2.75, 3.05) is 11.9 Å². The molecule has 0 atom stereocenters. The Bertz CT molecular complexity index is 593. The van der Waals surface area contributed by atoms with Crippen LogP contribution in [-0.4, -0.2) is 16.5 Å². The molecule has 0 unspecified atom stereocenters. The van der Waals surface area contributed by atoms with Gasteiger partial charge in [0.15, 0.2) is 0 Å². The van der Waals surface area contributed by atoms with E-state index in [-0.39, 0.29) is 5.69 Å². The normalized spacial score (nSPS) is 16.8. The number of hydrogen-bond acceptors (Lipinski definition) is 2. The van der Waals surface area contributed by atoms with E-state index in [1.807, 2.05) is 18.2 Å². The van der Waals surface area contributed by atoms with Crippen LogP contribution in [0.25, 0.3) is 11.0 Å². The van der Waals surface area contributed by atoms with Crippen LogP contribution in [0.5, 0.6) is 0 Å². The molecule has 1 saturated carbocycles. The predicted octanol–water partition coefficient (Wildman–Crippen LogP) is 3.24. The zero-order chi connectivity index (χ0) is 13.1. The number of imidazole rings is 1. The summed E-state index contributed by atoms with van der Waals surface area (Å²) in [6.07, 6.45) is 8.27. The van der Waals surface area contributed by atoms with Gasteiger partial charge in [-0.3, -0.25) is 0 Å². The van der Waals surface area contributed by atoms with Gasteiger partial charge in [0.25, 0.3) is 0 Å². The van der Waals surface area contributed by atoms with Crippen LogP contribution >= 0.6 is 0 Å². The summed E-state index contributed by atoms with van der Waals surface area (Å²) in [6, 6.07) is 5.96. The third kappa shape index (κ3) is 3.00. The Labute approximate surface area is 112 Å². The number of H-pyrrole nitrogens is 2. The first kappa shape index (κ1) is 12.3. The quantitative estimate of drug-likeness (QED) is 0.789. The lowest BCUT2D eigenvalue weighted by Crippen LogP contribution is -2.12. The van der Waals surface area contributed by atoms with Gasteiger partial charge in [0, 0.05) is 12.2 Å². The molecule has 4 heteroatoms. The molecular weight excluding hydrogens is 238 g/mol. The van der Waals surface area contributed by atoms with E-state index in [0.29, 0.717) is 0 Å². The topological polar surface area (TPSA) is 60.7 Å². The van der Waals surface area contributed by atoms with E-state index in [1.165, 1.54) is 38.5 Å². The van der Waals surface area contributed by atoms with Gasteiger partial charge in [0.05, 0.1) is 11.0 Å². The number of rotatable bonds is 4. The van der Waals surface area contributed by atoms with E-state index in [2.05, 4.69) is 15.3 Å². The molecule has 2 aromatic rings. The molecule has 1 aliphatic carbocycles. The highest BCUT2D eigenvalue weighted by molar-refractivity contribution is 5.78. The van der Waals surface area contributed by atoms with Gasteiger partial charge in [0.2, 0.25) is 0 Å². The number of aromatic amines is 2. The molecule has 1 aromatic heterocycles. The van der Waals surface area contributed by atoms with Crippen LogP contribution in [0, 0.1) is 5.92 Å². The van der Waals surface area contributed by atoms with Gasteiger partial charge in [0.1, 0.15) is 0 Å². The number of anilines is 1. The van der Waals surface area contributed by atoms with Crippen molar-refractivity contribution in [1.82, 2.24) is 9.97 Å². The molecule has 0 bridgehead atoms. The molecule has 4 nitrogen and oxygen atoms in total. The highest BCUT2D eigenvalue weighted by Crippen LogP contribution is 2.26. The summed E-state index contributed by atoms with van der Waals surface area (Å²) < 4.78 is 0. The van der Waals surface area contributed by atoms with E-state index in [9.17, 15) is 4.79 Å². The van der Waals surface area contributed by atoms with Crippen LogP contribution in [0.4, 0.5) is 5.69 Å². The first-order valence-electron chi connectivity index (χ1n) is 7.27. The third-order valence-corrected chi connectivity index (χ3v) is 4.12. The average Bonchev–Trinajstić information content (AvgIpc) is 2.79. The second-order valence-corrected chi connectivity index (χ2v) is 5.56. The zero-order valence-electron chi connectivity index (χ0n) is 11.2. The molecule has 1 heterocycles. The Hall–Kier alpha value is -1.71. The highest BCUT2D eigenvalue weighted by atomic mass is 16.1. The number of benzene rings is 1. The second-order valence-electron chi connectivity index (χ2n) is 5.56. The number of fused-ring (bicyclic) bond motifs is 1. The van der Waals surface area contributed by atoms with Crippen molar-refractivity contribution in [2.45, 2.75) is 38.5 Å². The Kier molecular flexibility index (Phi) is 3.58. The lowest BCUT2D eigenvalue weighted by atomic mass is 9.87. The summed E-state index contributed by atoms with van der Waals surface area (Å²) in [6.45, 7) is 1.02. The molecule has 0 spiro atoms. The lowest BCUT2D eigenvalue weighted by molar-refractivity contribution is 0.345. The summed E-state index contributed by atoms with van der Waals surface area (Å²) >= 11 is 0. The van der Waals surface area contributed by atoms with Crippen LogP contribution in [0.1, 0.15) is 38.5 Å².